The third kappa shape index (κ3) is 9.65. The van der Waals surface area contributed by atoms with Crippen molar-refractivity contribution in [3.63, 3.8) is 0 Å². The fourth-order valence-corrected chi connectivity index (χ4v) is 2.00. The van der Waals surface area contributed by atoms with Crippen LogP contribution in [0.2, 0.25) is 0 Å². The lowest BCUT2D eigenvalue weighted by molar-refractivity contribution is 0.575. The van der Waals surface area contributed by atoms with Crippen LogP contribution in [0, 0.1) is 0 Å². The maximum Gasteiger partial charge on any atom is 0.175 e. The zero-order valence-electron chi connectivity index (χ0n) is 12.7. The Hall–Kier alpha value is -0.360. The summed E-state index contributed by atoms with van der Waals surface area (Å²) in [7, 11) is 0. The lowest BCUT2D eigenvalue weighted by Crippen LogP contribution is -2.41. The maximum atomic E-state index is 4.57. The summed E-state index contributed by atoms with van der Waals surface area (Å²) in [6.07, 6.45) is 4.00. The van der Waals surface area contributed by atoms with Crippen LogP contribution >= 0.6 is 23.5 Å². The minimum absolute atomic E-state index is 0.0896. The van der Waals surface area contributed by atoms with Crippen molar-refractivity contribution in [2.24, 2.45) is 9.98 Å². The number of thioether (sulfide) groups is 2. The third-order valence-corrected chi connectivity index (χ3v) is 2.70. The van der Waals surface area contributed by atoms with E-state index in [9.17, 15) is 0 Å². The molecule has 0 atom stereocenters. The standard InChI is InChI=1S/C12H26N4S2/c1-11(2,3)13-9(17-7)15-16-10(18-8)14-12(4,5)6/h1-8H3,(H,13,15)(H,14,16). The third-order valence-electron chi connectivity index (χ3n) is 1.54. The Bertz CT molecular complexity index is 279. The molecule has 2 N–H and O–H groups in total. The number of amidine groups is 2. The number of hydrazine groups is 1. The summed E-state index contributed by atoms with van der Waals surface area (Å²) in [5.41, 5.74) is 6.04. The van der Waals surface area contributed by atoms with Gasteiger partial charge in [0.05, 0.1) is 11.1 Å². The molecule has 0 aliphatic carbocycles. The number of nitrogens with one attached hydrogen (secondary N) is 2. The molecule has 0 saturated carbocycles. The van der Waals surface area contributed by atoms with Crippen LogP contribution in [0.15, 0.2) is 9.98 Å². The van der Waals surface area contributed by atoms with Crippen LogP contribution in [0.4, 0.5) is 0 Å². The molecule has 0 radical (unpaired) electrons. The highest BCUT2D eigenvalue weighted by Crippen LogP contribution is 2.11. The van der Waals surface area contributed by atoms with Gasteiger partial charge in [0, 0.05) is 0 Å². The van der Waals surface area contributed by atoms with Crippen molar-refractivity contribution in [2.45, 2.75) is 52.6 Å². The van der Waals surface area contributed by atoms with E-state index in [0.29, 0.717) is 0 Å². The van der Waals surface area contributed by atoms with Crippen molar-refractivity contribution in [2.75, 3.05) is 12.5 Å². The fraction of sp³-hybridized carbons (Fsp3) is 0.833. The zero-order chi connectivity index (χ0) is 14.4. The first-order valence-electron chi connectivity index (χ1n) is 5.87. The average molecular weight is 291 g/mol. The first-order chi connectivity index (χ1) is 8.07. The van der Waals surface area contributed by atoms with Crippen molar-refractivity contribution in [1.29, 1.82) is 0 Å². The second kappa shape index (κ2) is 7.28. The van der Waals surface area contributed by atoms with Crippen LogP contribution in [0.1, 0.15) is 41.5 Å². The van der Waals surface area contributed by atoms with Crippen LogP contribution in [0.5, 0.6) is 0 Å². The molecule has 0 aliphatic rings. The minimum atomic E-state index is -0.0896. The van der Waals surface area contributed by atoms with E-state index >= 15 is 0 Å². The van der Waals surface area contributed by atoms with Gasteiger partial charge in [0.1, 0.15) is 0 Å². The van der Waals surface area contributed by atoms with Gasteiger partial charge in [-0.2, -0.15) is 0 Å². The van der Waals surface area contributed by atoms with Gasteiger partial charge in [0.25, 0.3) is 0 Å². The number of aliphatic imine (C=N–C) groups is 2. The Kier molecular flexibility index (Phi) is 7.14. The monoisotopic (exact) mass is 290 g/mol. The summed E-state index contributed by atoms with van der Waals surface area (Å²) in [4.78, 5) is 9.14. The Morgan fingerprint density at radius 3 is 1.17 bits per heavy atom. The highest BCUT2D eigenvalue weighted by molar-refractivity contribution is 8.13. The summed E-state index contributed by atoms with van der Waals surface area (Å²) in [6, 6.07) is 0. The van der Waals surface area contributed by atoms with E-state index in [4.69, 9.17) is 0 Å². The molecule has 0 amide bonds. The van der Waals surface area contributed by atoms with Crippen molar-refractivity contribution in [3.8, 4) is 0 Å². The van der Waals surface area contributed by atoms with E-state index in [2.05, 4.69) is 62.4 Å². The lowest BCUT2D eigenvalue weighted by atomic mass is 10.1. The van der Waals surface area contributed by atoms with Gasteiger partial charge < -0.3 is 0 Å². The van der Waals surface area contributed by atoms with Crippen LogP contribution in [-0.4, -0.2) is 33.9 Å². The maximum absolute atomic E-state index is 4.57. The van der Waals surface area contributed by atoms with E-state index in [-0.39, 0.29) is 11.1 Å². The van der Waals surface area contributed by atoms with E-state index in [1.807, 2.05) is 12.5 Å². The van der Waals surface area contributed by atoms with Crippen LogP contribution < -0.4 is 10.9 Å². The molecular formula is C12H26N4S2. The summed E-state index contributed by atoms with van der Waals surface area (Å²) >= 11 is 3.16. The molecule has 4 nitrogen and oxygen atoms in total. The highest BCUT2D eigenvalue weighted by atomic mass is 32.2. The first kappa shape index (κ1) is 17.6. The summed E-state index contributed by atoms with van der Waals surface area (Å²) in [5, 5.41) is 1.72. The molecule has 0 heterocycles. The number of nitrogens with zero attached hydrogens (tertiary/aromatic N) is 2. The van der Waals surface area contributed by atoms with E-state index in [1.54, 1.807) is 23.5 Å². The molecule has 0 rings (SSSR count). The SMILES string of the molecule is CSC(=NC(C)(C)C)NNC(=NC(C)(C)C)SC. The second-order valence-electron chi connectivity index (χ2n) is 5.83. The molecule has 0 fully saturated rings. The minimum Gasteiger partial charge on any atom is -0.277 e. The van der Waals surface area contributed by atoms with E-state index < -0.39 is 0 Å². The van der Waals surface area contributed by atoms with Crippen LogP contribution in [0.3, 0.4) is 0 Å². The summed E-state index contributed by atoms with van der Waals surface area (Å²) in [5.74, 6) is 0. The fourth-order valence-electron chi connectivity index (χ4n) is 0.965. The van der Waals surface area contributed by atoms with Gasteiger partial charge in [-0.05, 0) is 54.1 Å². The number of hydrogen-bond acceptors (Lipinski definition) is 4. The molecule has 0 aromatic carbocycles. The van der Waals surface area contributed by atoms with Crippen molar-refractivity contribution in [1.82, 2.24) is 10.9 Å². The molecule has 18 heavy (non-hydrogen) atoms. The Balaban J connectivity index is 4.63. The first-order valence-corrected chi connectivity index (χ1v) is 8.32. The molecule has 0 spiro atoms. The van der Waals surface area contributed by atoms with Gasteiger partial charge in [-0.1, -0.05) is 23.5 Å². The number of hydrogen-bond donors (Lipinski definition) is 2. The predicted octanol–water partition coefficient (Wildman–Crippen LogP) is 3.12. The molecule has 106 valence electrons. The summed E-state index contributed by atoms with van der Waals surface area (Å²) in [6.45, 7) is 12.4. The van der Waals surface area contributed by atoms with Crippen molar-refractivity contribution >= 4 is 33.9 Å². The highest BCUT2D eigenvalue weighted by Gasteiger charge is 2.11. The molecule has 0 saturated heterocycles. The van der Waals surface area contributed by atoms with Crippen molar-refractivity contribution in [3.05, 3.63) is 0 Å². The Labute approximate surface area is 120 Å². The van der Waals surface area contributed by atoms with Gasteiger partial charge in [0.2, 0.25) is 0 Å². The quantitative estimate of drug-likeness (QED) is 0.409. The molecule has 0 aromatic rings. The average Bonchev–Trinajstić information content (AvgIpc) is 2.18. The molecule has 0 aliphatic heterocycles. The van der Waals surface area contributed by atoms with Gasteiger partial charge in [-0.3, -0.25) is 20.8 Å². The smallest absolute Gasteiger partial charge is 0.175 e. The number of rotatable bonds is 0. The molecule has 0 aromatic heterocycles. The van der Waals surface area contributed by atoms with Gasteiger partial charge in [-0.15, -0.1) is 0 Å². The molecular weight excluding hydrogens is 264 g/mol. The topological polar surface area (TPSA) is 48.8 Å². The predicted molar refractivity (Wildman–Crippen MR) is 87.7 cm³/mol. The molecule has 0 unspecified atom stereocenters. The second-order valence-corrected chi connectivity index (χ2v) is 7.42. The lowest BCUT2D eigenvalue weighted by Gasteiger charge is -2.19. The van der Waals surface area contributed by atoms with E-state index in [0.717, 1.165) is 10.3 Å². The van der Waals surface area contributed by atoms with Gasteiger partial charge >= 0.3 is 0 Å². The summed E-state index contributed by atoms with van der Waals surface area (Å²) < 4.78 is 0. The van der Waals surface area contributed by atoms with E-state index in [1.165, 1.54) is 0 Å². The van der Waals surface area contributed by atoms with Crippen LogP contribution in [0.25, 0.3) is 0 Å². The molecule has 6 heteroatoms. The van der Waals surface area contributed by atoms with Crippen molar-refractivity contribution < 1.29 is 0 Å². The molecule has 0 bridgehead atoms. The Morgan fingerprint density at radius 1 is 0.722 bits per heavy atom. The van der Waals surface area contributed by atoms with Gasteiger partial charge in [-0.25, -0.2) is 0 Å². The van der Waals surface area contributed by atoms with Gasteiger partial charge in [0.15, 0.2) is 10.3 Å². The largest absolute Gasteiger partial charge is 0.277 e. The Morgan fingerprint density at radius 2 is 1.00 bits per heavy atom. The normalized spacial score (nSPS) is 14.7. The zero-order valence-corrected chi connectivity index (χ0v) is 14.3. The van der Waals surface area contributed by atoms with Crippen LogP contribution in [-0.2, 0) is 0 Å².